The summed E-state index contributed by atoms with van der Waals surface area (Å²) in [5.74, 6) is -1.76. The van der Waals surface area contributed by atoms with Crippen molar-refractivity contribution in [3.05, 3.63) is 75.9 Å². The lowest BCUT2D eigenvalue weighted by atomic mass is 10.1. The van der Waals surface area contributed by atoms with Gasteiger partial charge in [0.05, 0.1) is 22.6 Å². The lowest BCUT2D eigenvalue weighted by Gasteiger charge is -2.12. The third kappa shape index (κ3) is 4.56. The van der Waals surface area contributed by atoms with Gasteiger partial charge in [0, 0.05) is 6.54 Å². The number of hydrogen-bond acceptors (Lipinski definition) is 6. The van der Waals surface area contributed by atoms with Crippen LogP contribution >= 0.6 is 35.6 Å². The van der Waals surface area contributed by atoms with E-state index in [0.717, 1.165) is 17.8 Å². The molecule has 154 valence electrons. The second-order valence-electron chi connectivity index (χ2n) is 5.98. The quantitative estimate of drug-likeness (QED) is 0.195. The Morgan fingerprint density at radius 1 is 1.37 bits per heavy atom. The highest BCUT2D eigenvalue weighted by Gasteiger charge is 2.31. The van der Waals surface area contributed by atoms with Crippen LogP contribution in [0.2, 0.25) is 5.02 Å². The summed E-state index contributed by atoms with van der Waals surface area (Å²) in [6.07, 6.45) is 3.20. The summed E-state index contributed by atoms with van der Waals surface area (Å²) in [6.45, 7) is 3.93. The van der Waals surface area contributed by atoms with Gasteiger partial charge in [-0.15, -0.1) is 6.58 Å². The molecule has 2 aromatic rings. The molecule has 30 heavy (non-hydrogen) atoms. The first-order valence-corrected chi connectivity index (χ1v) is 10.2. The van der Waals surface area contributed by atoms with E-state index in [1.165, 1.54) is 36.3 Å². The molecule has 2 aromatic carbocycles. The number of esters is 1. The molecule has 3 rings (SSSR count). The zero-order valence-electron chi connectivity index (χ0n) is 15.7. The third-order valence-corrected chi connectivity index (χ3v) is 5.68. The first-order valence-electron chi connectivity index (χ1n) is 8.56. The molecule has 1 amide bonds. The summed E-state index contributed by atoms with van der Waals surface area (Å²) < 4.78 is 24.8. The second-order valence-corrected chi connectivity index (χ2v) is 8.07. The van der Waals surface area contributed by atoms with Crippen LogP contribution in [0.1, 0.15) is 15.9 Å². The molecule has 5 nitrogen and oxygen atoms in total. The molecule has 0 N–H and O–H groups in total. The average Bonchev–Trinajstić information content (AvgIpc) is 2.97. The molecule has 1 fully saturated rings. The number of nitrogens with zero attached hydrogens (tertiary/aromatic N) is 1. The van der Waals surface area contributed by atoms with Crippen molar-refractivity contribution in [2.45, 2.75) is 0 Å². The van der Waals surface area contributed by atoms with E-state index in [0.29, 0.717) is 21.3 Å². The van der Waals surface area contributed by atoms with Crippen molar-refractivity contribution in [2.75, 3.05) is 13.7 Å². The predicted molar refractivity (Wildman–Crippen MR) is 119 cm³/mol. The zero-order chi connectivity index (χ0) is 21.8. The zero-order valence-corrected chi connectivity index (χ0v) is 18.1. The third-order valence-electron chi connectivity index (χ3n) is 4.02. The SMILES string of the molecule is C=CCN1C(=O)C(=Cc2cc(Cl)c(OC(=O)c3ccccc3F)c(OC)c2)SC1=S. The highest BCUT2D eigenvalue weighted by atomic mass is 35.5. The number of carbonyl (C=O) groups excluding carboxylic acids is 2. The smallest absolute Gasteiger partial charge is 0.346 e. The van der Waals surface area contributed by atoms with Gasteiger partial charge in [-0.2, -0.15) is 0 Å². The Kier molecular flexibility index (Phi) is 6.91. The molecule has 0 unspecified atom stereocenters. The summed E-state index contributed by atoms with van der Waals surface area (Å²) >= 11 is 12.7. The fourth-order valence-electron chi connectivity index (χ4n) is 2.63. The number of methoxy groups -OCH3 is 1. The van der Waals surface area contributed by atoms with Gasteiger partial charge in [0.2, 0.25) is 0 Å². The van der Waals surface area contributed by atoms with Crippen LogP contribution in [0.15, 0.2) is 54.0 Å². The summed E-state index contributed by atoms with van der Waals surface area (Å²) in [6, 6.07) is 8.50. The van der Waals surface area contributed by atoms with E-state index in [-0.39, 0.29) is 28.0 Å². The van der Waals surface area contributed by atoms with Crippen molar-refractivity contribution in [2.24, 2.45) is 0 Å². The lowest BCUT2D eigenvalue weighted by Crippen LogP contribution is -2.27. The number of hydrogen-bond donors (Lipinski definition) is 0. The maximum atomic E-state index is 13.8. The first-order chi connectivity index (χ1) is 14.3. The van der Waals surface area contributed by atoms with Gasteiger partial charge in [0.25, 0.3) is 5.91 Å². The molecule has 1 saturated heterocycles. The summed E-state index contributed by atoms with van der Waals surface area (Å²) in [4.78, 5) is 26.7. The first kappa shape index (κ1) is 22.0. The molecule has 0 aliphatic carbocycles. The normalized spacial score (nSPS) is 14.9. The fraction of sp³-hybridized carbons (Fsp3) is 0.0952. The Hall–Kier alpha value is -2.68. The Labute approximate surface area is 187 Å². The van der Waals surface area contributed by atoms with Crippen LogP contribution in [0.4, 0.5) is 4.39 Å². The monoisotopic (exact) mass is 463 g/mol. The average molecular weight is 464 g/mol. The molecular weight excluding hydrogens is 449 g/mol. The molecule has 0 saturated carbocycles. The number of thiocarbonyl (C=S) groups is 1. The number of rotatable bonds is 6. The number of thioether (sulfide) groups is 1. The van der Waals surface area contributed by atoms with Crippen LogP contribution < -0.4 is 9.47 Å². The van der Waals surface area contributed by atoms with Crippen LogP contribution in [0.5, 0.6) is 11.5 Å². The lowest BCUT2D eigenvalue weighted by molar-refractivity contribution is -0.121. The van der Waals surface area contributed by atoms with Crippen molar-refractivity contribution in [1.29, 1.82) is 0 Å². The Morgan fingerprint density at radius 2 is 2.10 bits per heavy atom. The van der Waals surface area contributed by atoms with Crippen molar-refractivity contribution in [3.8, 4) is 11.5 Å². The van der Waals surface area contributed by atoms with Crippen molar-refractivity contribution >= 4 is 57.9 Å². The van der Waals surface area contributed by atoms with Crippen LogP contribution in [-0.4, -0.2) is 34.8 Å². The van der Waals surface area contributed by atoms with Gasteiger partial charge in [0.15, 0.2) is 11.5 Å². The maximum absolute atomic E-state index is 13.8. The number of benzene rings is 2. The minimum absolute atomic E-state index is 0.0521. The molecule has 0 bridgehead atoms. The predicted octanol–water partition coefficient (Wildman–Crippen LogP) is 5.09. The molecule has 0 radical (unpaired) electrons. The van der Waals surface area contributed by atoms with Gasteiger partial charge in [-0.05, 0) is 35.9 Å². The molecule has 9 heteroatoms. The maximum Gasteiger partial charge on any atom is 0.346 e. The van der Waals surface area contributed by atoms with E-state index < -0.39 is 11.8 Å². The molecule has 1 aliphatic heterocycles. The molecule has 0 atom stereocenters. The largest absolute Gasteiger partial charge is 0.493 e. The number of halogens is 2. The van der Waals surface area contributed by atoms with E-state index in [9.17, 15) is 14.0 Å². The van der Waals surface area contributed by atoms with Gasteiger partial charge in [-0.3, -0.25) is 9.69 Å². The van der Waals surface area contributed by atoms with E-state index in [4.69, 9.17) is 33.3 Å². The summed E-state index contributed by atoms with van der Waals surface area (Å²) in [7, 11) is 1.37. The van der Waals surface area contributed by atoms with Crippen LogP contribution in [0, 0.1) is 5.82 Å². The number of ether oxygens (including phenoxy) is 2. The Morgan fingerprint density at radius 3 is 2.77 bits per heavy atom. The molecule has 1 aliphatic rings. The second kappa shape index (κ2) is 9.42. The highest BCUT2D eigenvalue weighted by molar-refractivity contribution is 8.26. The number of amides is 1. The Balaban J connectivity index is 1.90. The summed E-state index contributed by atoms with van der Waals surface area (Å²) in [5, 5.41) is 0.0619. The van der Waals surface area contributed by atoms with Crippen LogP contribution in [0.25, 0.3) is 6.08 Å². The van der Waals surface area contributed by atoms with E-state index in [1.807, 2.05) is 0 Å². The number of carbonyl (C=O) groups is 2. The van der Waals surface area contributed by atoms with Gasteiger partial charge in [-0.1, -0.05) is 53.8 Å². The highest BCUT2D eigenvalue weighted by Crippen LogP contribution is 2.39. The molecule has 0 spiro atoms. The van der Waals surface area contributed by atoms with Crippen LogP contribution in [-0.2, 0) is 4.79 Å². The van der Waals surface area contributed by atoms with E-state index >= 15 is 0 Å². The van der Waals surface area contributed by atoms with Gasteiger partial charge in [-0.25, -0.2) is 9.18 Å². The summed E-state index contributed by atoms with van der Waals surface area (Å²) in [5.41, 5.74) is 0.312. The van der Waals surface area contributed by atoms with E-state index in [1.54, 1.807) is 18.2 Å². The minimum atomic E-state index is -0.911. The minimum Gasteiger partial charge on any atom is -0.493 e. The van der Waals surface area contributed by atoms with Crippen molar-refractivity contribution < 1.29 is 23.5 Å². The van der Waals surface area contributed by atoms with Gasteiger partial charge < -0.3 is 9.47 Å². The topological polar surface area (TPSA) is 55.8 Å². The standard InChI is InChI=1S/C21H15ClFNO4S2/c1-3-8-24-19(25)17(30-21(24)29)11-12-9-14(22)18(16(10-12)27-2)28-20(26)13-6-4-5-7-15(13)23/h3-7,9-11H,1,8H2,2H3. The molecular formula is C21H15ClFNO4S2. The van der Waals surface area contributed by atoms with Gasteiger partial charge >= 0.3 is 5.97 Å². The van der Waals surface area contributed by atoms with Crippen molar-refractivity contribution in [1.82, 2.24) is 4.90 Å². The van der Waals surface area contributed by atoms with Gasteiger partial charge in [0.1, 0.15) is 10.1 Å². The van der Waals surface area contributed by atoms with Crippen LogP contribution in [0.3, 0.4) is 0 Å². The fourth-order valence-corrected chi connectivity index (χ4v) is 4.17. The van der Waals surface area contributed by atoms with Crippen molar-refractivity contribution in [3.63, 3.8) is 0 Å². The molecule has 1 heterocycles. The molecule has 0 aromatic heterocycles. The Bertz CT molecular complexity index is 1090. The van der Waals surface area contributed by atoms with E-state index in [2.05, 4.69) is 6.58 Å².